The molecule has 4 rings (SSSR count). The number of carbonyl (C=O) groups is 1. The van der Waals surface area contributed by atoms with Gasteiger partial charge in [0, 0.05) is 42.8 Å². The van der Waals surface area contributed by atoms with Gasteiger partial charge in [-0.2, -0.15) is 0 Å². The van der Waals surface area contributed by atoms with Crippen LogP contribution >= 0.6 is 11.3 Å². The van der Waals surface area contributed by atoms with Gasteiger partial charge in [-0.05, 0) is 49.9 Å². The van der Waals surface area contributed by atoms with Crippen molar-refractivity contribution in [1.29, 1.82) is 0 Å². The standard InChI is InChI=1S/C19H25N5OS/c25-17(16-10-19(13-23-16)4-8-20-9-5-19)22-7-3-15-12-26-18(24-15)14-2-1-6-21-11-14/h1-2,6,11-12,16,20,23H,3-5,7-10,13H2,(H,22,25). The number of hydrogen-bond acceptors (Lipinski definition) is 6. The lowest BCUT2D eigenvalue weighted by Gasteiger charge is -2.33. The molecule has 6 nitrogen and oxygen atoms in total. The zero-order chi connectivity index (χ0) is 17.8. The fraction of sp³-hybridized carbons (Fsp3) is 0.526. The first-order valence-corrected chi connectivity index (χ1v) is 10.2. The Kier molecular flexibility index (Phi) is 5.28. The third-order valence-corrected chi connectivity index (χ3v) is 6.42. The molecule has 138 valence electrons. The number of amides is 1. The van der Waals surface area contributed by atoms with Gasteiger partial charge in [-0.25, -0.2) is 4.98 Å². The molecule has 1 amide bonds. The second kappa shape index (κ2) is 7.82. The van der Waals surface area contributed by atoms with E-state index in [1.54, 1.807) is 17.5 Å². The first-order chi connectivity index (χ1) is 12.7. The molecular weight excluding hydrogens is 346 g/mol. The van der Waals surface area contributed by atoms with Gasteiger partial charge >= 0.3 is 0 Å². The third kappa shape index (κ3) is 3.95. The van der Waals surface area contributed by atoms with E-state index in [-0.39, 0.29) is 11.9 Å². The molecule has 2 aromatic rings. The van der Waals surface area contributed by atoms with Gasteiger partial charge in [0.05, 0.1) is 11.7 Å². The molecule has 2 saturated heterocycles. The van der Waals surface area contributed by atoms with E-state index in [0.717, 1.165) is 48.7 Å². The maximum atomic E-state index is 12.5. The molecule has 1 atom stereocenters. The number of nitrogens with one attached hydrogen (secondary N) is 3. The maximum absolute atomic E-state index is 12.5. The van der Waals surface area contributed by atoms with Crippen LogP contribution in [0, 0.1) is 5.41 Å². The van der Waals surface area contributed by atoms with Crippen LogP contribution < -0.4 is 16.0 Å². The first-order valence-electron chi connectivity index (χ1n) is 9.31. The van der Waals surface area contributed by atoms with Crippen LogP contribution in [0.2, 0.25) is 0 Å². The SMILES string of the molecule is O=C(NCCc1csc(-c2cccnc2)n1)C1CC2(CCNCC2)CN1. The molecule has 4 heterocycles. The fourth-order valence-electron chi connectivity index (χ4n) is 3.92. The predicted octanol–water partition coefficient (Wildman–Crippen LogP) is 1.60. The topological polar surface area (TPSA) is 78.9 Å². The average molecular weight is 372 g/mol. The maximum Gasteiger partial charge on any atom is 0.237 e. The molecule has 2 aromatic heterocycles. The Bertz CT molecular complexity index is 741. The van der Waals surface area contributed by atoms with E-state index in [4.69, 9.17) is 0 Å². The van der Waals surface area contributed by atoms with E-state index in [0.29, 0.717) is 12.0 Å². The lowest BCUT2D eigenvalue weighted by atomic mass is 9.77. The highest BCUT2D eigenvalue weighted by Gasteiger charge is 2.41. The largest absolute Gasteiger partial charge is 0.354 e. The normalized spacial score (nSPS) is 21.8. The van der Waals surface area contributed by atoms with E-state index in [9.17, 15) is 4.79 Å². The number of nitrogens with zero attached hydrogens (tertiary/aromatic N) is 2. The summed E-state index contributed by atoms with van der Waals surface area (Å²) in [6.07, 6.45) is 7.64. The summed E-state index contributed by atoms with van der Waals surface area (Å²) >= 11 is 1.62. The highest BCUT2D eigenvalue weighted by Crippen LogP contribution is 2.37. The Labute approximate surface area is 157 Å². The lowest BCUT2D eigenvalue weighted by Crippen LogP contribution is -2.41. The summed E-state index contributed by atoms with van der Waals surface area (Å²) in [5.41, 5.74) is 2.37. The minimum atomic E-state index is -0.0468. The summed E-state index contributed by atoms with van der Waals surface area (Å²) in [6, 6.07) is 3.88. The second-order valence-corrected chi connectivity index (χ2v) is 8.17. The number of rotatable bonds is 5. The van der Waals surface area contributed by atoms with Gasteiger partial charge in [-0.1, -0.05) is 0 Å². The summed E-state index contributed by atoms with van der Waals surface area (Å²) < 4.78 is 0. The Morgan fingerprint density at radius 1 is 1.38 bits per heavy atom. The van der Waals surface area contributed by atoms with Crippen LogP contribution in [0.15, 0.2) is 29.9 Å². The summed E-state index contributed by atoms with van der Waals surface area (Å²) in [4.78, 5) is 21.3. The molecule has 2 aliphatic heterocycles. The van der Waals surface area contributed by atoms with Crippen LogP contribution in [-0.2, 0) is 11.2 Å². The Hall–Kier alpha value is -1.83. The number of aromatic nitrogens is 2. The highest BCUT2D eigenvalue weighted by molar-refractivity contribution is 7.13. The average Bonchev–Trinajstić information content (AvgIpc) is 3.31. The molecule has 2 aliphatic rings. The number of pyridine rings is 1. The molecule has 3 N–H and O–H groups in total. The van der Waals surface area contributed by atoms with Crippen molar-refractivity contribution in [2.75, 3.05) is 26.2 Å². The van der Waals surface area contributed by atoms with Crippen LogP contribution in [0.4, 0.5) is 0 Å². The monoisotopic (exact) mass is 371 g/mol. The molecule has 7 heteroatoms. The predicted molar refractivity (Wildman–Crippen MR) is 103 cm³/mol. The summed E-state index contributed by atoms with van der Waals surface area (Å²) in [6.45, 7) is 3.73. The molecule has 2 fully saturated rings. The van der Waals surface area contributed by atoms with Crippen LogP contribution in [0.1, 0.15) is 25.0 Å². The minimum Gasteiger partial charge on any atom is -0.354 e. The van der Waals surface area contributed by atoms with Crippen molar-refractivity contribution in [2.24, 2.45) is 5.41 Å². The van der Waals surface area contributed by atoms with Crippen molar-refractivity contribution in [3.8, 4) is 10.6 Å². The van der Waals surface area contributed by atoms with E-state index >= 15 is 0 Å². The Morgan fingerprint density at radius 3 is 3.08 bits per heavy atom. The van der Waals surface area contributed by atoms with Gasteiger partial charge in [-0.15, -0.1) is 11.3 Å². The van der Waals surface area contributed by atoms with E-state index < -0.39 is 0 Å². The van der Waals surface area contributed by atoms with Crippen molar-refractivity contribution < 1.29 is 4.79 Å². The molecule has 0 aromatic carbocycles. The molecule has 0 bridgehead atoms. The van der Waals surface area contributed by atoms with Crippen molar-refractivity contribution in [3.05, 3.63) is 35.6 Å². The van der Waals surface area contributed by atoms with Crippen molar-refractivity contribution in [2.45, 2.75) is 31.7 Å². The van der Waals surface area contributed by atoms with Gasteiger partial charge < -0.3 is 16.0 Å². The van der Waals surface area contributed by atoms with Crippen LogP contribution in [-0.4, -0.2) is 48.1 Å². The quantitative estimate of drug-likeness (QED) is 0.744. The van der Waals surface area contributed by atoms with Gasteiger partial charge in [0.1, 0.15) is 5.01 Å². The lowest BCUT2D eigenvalue weighted by molar-refractivity contribution is -0.122. The summed E-state index contributed by atoms with van der Waals surface area (Å²) in [7, 11) is 0. The van der Waals surface area contributed by atoms with Crippen LogP contribution in [0.25, 0.3) is 10.6 Å². The van der Waals surface area contributed by atoms with E-state index in [2.05, 4.69) is 31.3 Å². The molecule has 0 saturated carbocycles. The fourth-order valence-corrected chi connectivity index (χ4v) is 4.77. The van der Waals surface area contributed by atoms with Crippen molar-refractivity contribution in [1.82, 2.24) is 25.9 Å². The van der Waals surface area contributed by atoms with Gasteiger partial charge in [-0.3, -0.25) is 9.78 Å². The van der Waals surface area contributed by atoms with Crippen molar-refractivity contribution in [3.63, 3.8) is 0 Å². The number of carbonyl (C=O) groups excluding carboxylic acids is 1. The molecule has 1 unspecified atom stereocenters. The first kappa shape index (κ1) is 17.6. The number of piperidine rings is 1. The third-order valence-electron chi connectivity index (χ3n) is 5.48. The molecular formula is C19H25N5OS. The van der Waals surface area contributed by atoms with Gasteiger partial charge in [0.25, 0.3) is 0 Å². The van der Waals surface area contributed by atoms with Crippen molar-refractivity contribution >= 4 is 17.2 Å². The molecule has 26 heavy (non-hydrogen) atoms. The summed E-state index contributed by atoms with van der Waals surface area (Å²) in [5.74, 6) is 0.128. The van der Waals surface area contributed by atoms with Crippen LogP contribution in [0.5, 0.6) is 0 Å². The van der Waals surface area contributed by atoms with Gasteiger partial charge in [0.15, 0.2) is 0 Å². The van der Waals surface area contributed by atoms with Gasteiger partial charge in [0.2, 0.25) is 5.91 Å². The zero-order valence-corrected chi connectivity index (χ0v) is 15.6. The summed E-state index contributed by atoms with van der Waals surface area (Å²) in [5, 5.41) is 13.0. The second-order valence-electron chi connectivity index (χ2n) is 7.31. The Balaban J connectivity index is 1.25. The Morgan fingerprint density at radius 2 is 2.27 bits per heavy atom. The highest BCUT2D eigenvalue weighted by atomic mass is 32.1. The van der Waals surface area contributed by atoms with Crippen LogP contribution in [0.3, 0.4) is 0 Å². The molecule has 0 radical (unpaired) electrons. The smallest absolute Gasteiger partial charge is 0.237 e. The molecule has 1 spiro atoms. The van der Waals surface area contributed by atoms with E-state index in [1.165, 1.54) is 12.8 Å². The zero-order valence-electron chi connectivity index (χ0n) is 14.8. The minimum absolute atomic E-state index is 0.0468. The number of thiazole rings is 1. The molecule has 0 aliphatic carbocycles. The van der Waals surface area contributed by atoms with E-state index in [1.807, 2.05) is 18.3 Å². The number of hydrogen-bond donors (Lipinski definition) is 3.